The molecule has 29 heavy (non-hydrogen) atoms. The van der Waals surface area contributed by atoms with Gasteiger partial charge in [-0.3, -0.25) is 4.79 Å². The lowest BCUT2D eigenvalue weighted by Gasteiger charge is -2.18. The van der Waals surface area contributed by atoms with Crippen molar-refractivity contribution in [2.45, 2.75) is 11.4 Å². The molecule has 1 amide bonds. The van der Waals surface area contributed by atoms with Crippen molar-refractivity contribution in [3.63, 3.8) is 0 Å². The number of rotatable bonds is 6. The molecule has 0 spiro atoms. The van der Waals surface area contributed by atoms with Crippen LogP contribution >= 0.6 is 0 Å². The van der Waals surface area contributed by atoms with Gasteiger partial charge in [-0.05, 0) is 54.6 Å². The lowest BCUT2D eigenvalue weighted by Crippen LogP contribution is -2.23. The van der Waals surface area contributed by atoms with Crippen LogP contribution in [0.15, 0.2) is 70.2 Å². The average molecular weight is 414 g/mol. The maximum absolute atomic E-state index is 12.5. The minimum Gasteiger partial charge on any atom is -0.486 e. The standard InChI is InChI=1S/C20H18N2O6S/c23-20(14-3-8-18-19(12-14)28-11-10-27-18)22-15-4-6-17(7-5-15)29(24,25)21-13-16-2-1-9-26-16/h1-9,12,21H,10-11,13H2,(H,22,23). The summed E-state index contributed by atoms with van der Waals surface area (Å²) in [5.41, 5.74) is 0.876. The van der Waals surface area contributed by atoms with Crippen molar-refractivity contribution in [3.8, 4) is 11.5 Å². The summed E-state index contributed by atoms with van der Waals surface area (Å²) in [7, 11) is -3.70. The first-order chi connectivity index (χ1) is 14.0. The third-order valence-electron chi connectivity index (χ3n) is 4.24. The zero-order valence-corrected chi connectivity index (χ0v) is 16.1. The van der Waals surface area contributed by atoms with Gasteiger partial charge in [-0.2, -0.15) is 0 Å². The normalized spacial score (nSPS) is 13.1. The van der Waals surface area contributed by atoms with Crippen molar-refractivity contribution in [3.05, 3.63) is 72.2 Å². The second-order valence-corrected chi connectivity index (χ2v) is 8.01. The predicted molar refractivity (Wildman–Crippen MR) is 105 cm³/mol. The zero-order valence-electron chi connectivity index (χ0n) is 15.3. The molecular formula is C20H18N2O6S. The molecule has 8 nitrogen and oxygen atoms in total. The van der Waals surface area contributed by atoms with Crippen LogP contribution in [0.25, 0.3) is 0 Å². The number of amides is 1. The molecule has 4 rings (SSSR count). The van der Waals surface area contributed by atoms with Crippen LogP contribution in [0.3, 0.4) is 0 Å². The maximum Gasteiger partial charge on any atom is 0.255 e. The second-order valence-electron chi connectivity index (χ2n) is 6.24. The van der Waals surface area contributed by atoms with Crippen LogP contribution in [0.5, 0.6) is 11.5 Å². The van der Waals surface area contributed by atoms with Gasteiger partial charge in [-0.25, -0.2) is 13.1 Å². The highest BCUT2D eigenvalue weighted by molar-refractivity contribution is 7.89. The molecule has 150 valence electrons. The number of benzene rings is 2. The van der Waals surface area contributed by atoms with Crippen molar-refractivity contribution in [1.82, 2.24) is 4.72 Å². The van der Waals surface area contributed by atoms with Gasteiger partial charge in [0.25, 0.3) is 5.91 Å². The van der Waals surface area contributed by atoms with Crippen molar-refractivity contribution >= 4 is 21.6 Å². The van der Waals surface area contributed by atoms with E-state index < -0.39 is 10.0 Å². The Morgan fingerprint density at radius 3 is 2.45 bits per heavy atom. The maximum atomic E-state index is 12.5. The molecular weight excluding hydrogens is 396 g/mol. The molecule has 0 bridgehead atoms. The zero-order chi connectivity index (χ0) is 20.3. The Labute approximate surface area is 167 Å². The summed E-state index contributed by atoms with van der Waals surface area (Å²) in [6, 6.07) is 14.2. The molecule has 2 heterocycles. The summed E-state index contributed by atoms with van der Waals surface area (Å²) in [6.45, 7) is 0.962. The molecule has 0 unspecified atom stereocenters. The molecule has 0 fully saturated rings. The highest BCUT2D eigenvalue weighted by Crippen LogP contribution is 2.31. The Kier molecular flexibility index (Phi) is 5.24. The highest BCUT2D eigenvalue weighted by atomic mass is 32.2. The van der Waals surface area contributed by atoms with Crippen LogP contribution in [0.2, 0.25) is 0 Å². The Morgan fingerprint density at radius 2 is 1.72 bits per heavy atom. The molecule has 1 aromatic heterocycles. The fourth-order valence-electron chi connectivity index (χ4n) is 2.77. The van der Waals surface area contributed by atoms with E-state index in [-0.39, 0.29) is 17.3 Å². The molecule has 0 saturated carbocycles. The van der Waals surface area contributed by atoms with Crippen molar-refractivity contribution in [2.24, 2.45) is 0 Å². The number of nitrogens with one attached hydrogen (secondary N) is 2. The molecule has 1 aliphatic rings. The summed E-state index contributed by atoms with van der Waals surface area (Å²) in [4.78, 5) is 12.6. The SMILES string of the molecule is O=C(Nc1ccc(S(=O)(=O)NCc2ccco2)cc1)c1ccc2c(c1)OCCO2. The first-order valence-electron chi connectivity index (χ1n) is 8.84. The summed E-state index contributed by atoms with van der Waals surface area (Å²) >= 11 is 0. The number of sulfonamides is 1. The van der Waals surface area contributed by atoms with Crippen LogP contribution in [0, 0.1) is 0 Å². The smallest absolute Gasteiger partial charge is 0.255 e. The van der Waals surface area contributed by atoms with E-state index in [1.54, 1.807) is 30.3 Å². The van der Waals surface area contributed by atoms with Crippen molar-refractivity contribution < 1.29 is 27.1 Å². The number of furan rings is 1. The van der Waals surface area contributed by atoms with Crippen LogP contribution in [-0.2, 0) is 16.6 Å². The van der Waals surface area contributed by atoms with E-state index in [4.69, 9.17) is 13.9 Å². The van der Waals surface area contributed by atoms with Gasteiger partial charge in [0, 0.05) is 11.3 Å². The lowest BCUT2D eigenvalue weighted by molar-refractivity contribution is 0.102. The van der Waals surface area contributed by atoms with Gasteiger partial charge in [0.15, 0.2) is 11.5 Å². The van der Waals surface area contributed by atoms with E-state index in [1.807, 2.05) is 0 Å². The summed E-state index contributed by atoms with van der Waals surface area (Å²) in [6.07, 6.45) is 1.48. The third-order valence-corrected chi connectivity index (χ3v) is 5.66. The molecule has 2 aromatic carbocycles. The number of fused-ring (bicyclic) bond motifs is 1. The summed E-state index contributed by atoms with van der Waals surface area (Å²) in [5, 5.41) is 2.73. The van der Waals surface area contributed by atoms with Gasteiger partial charge >= 0.3 is 0 Å². The Bertz CT molecular complexity index is 1110. The third kappa shape index (κ3) is 4.41. The largest absolute Gasteiger partial charge is 0.486 e. The lowest BCUT2D eigenvalue weighted by atomic mass is 10.1. The summed E-state index contributed by atoms with van der Waals surface area (Å²) in [5.74, 6) is 1.29. The molecule has 3 aromatic rings. The van der Waals surface area contributed by atoms with E-state index in [1.165, 1.54) is 30.5 Å². The monoisotopic (exact) mass is 414 g/mol. The number of carbonyl (C=O) groups excluding carboxylic acids is 1. The number of hydrogen-bond acceptors (Lipinski definition) is 6. The van der Waals surface area contributed by atoms with E-state index in [0.29, 0.717) is 41.7 Å². The minimum atomic E-state index is -3.70. The van der Waals surface area contributed by atoms with Crippen LogP contribution in [-0.4, -0.2) is 27.5 Å². The van der Waals surface area contributed by atoms with Gasteiger partial charge in [0.2, 0.25) is 10.0 Å². The van der Waals surface area contributed by atoms with Gasteiger partial charge in [0.1, 0.15) is 19.0 Å². The van der Waals surface area contributed by atoms with Crippen molar-refractivity contribution in [2.75, 3.05) is 18.5 Å². The minimum absolute atomic E-state index is 0.0535. The van der Waals surface area contributed by atoms with Crippen LogP contribution < -0.4 is 19.5 Å². The van der Waals surface area contributed by atoms with Gasteiger partial charge < -0.3 is 19.2 Å². The first kappa shape index (κ1) is 19.0. The summed E-state index contributed by atoms with van der Waals surface area (Å²) < 4.78 is 43.2. The number of ether oxygens (including phenoxy) is 2. The van der Waals surface area contributed by atoms with E-state index in [0.717, 1.165) is 0 Å². The Hall–Kier alpha value is -3.30. The molecule has 1 aliphatic heterocycles. The number of hydrogen-bond donors (Lipinski definition) is 2. The number of anilines is 1. The van der Waals surface area contributed by atoms with E-state index >= 15 is 0 Å². The van der Waals surface area contributed by atoms with Crippen LogP contribution in [0.4, 0.5) is 5.69 Å². The van der Waals surface area contributed by atoms with Gasteiger partial charge in [0.05, 0.1) is 17.7 Å². The Morgan fingerprint density at radius 1 is 0.966 bits per heavy atom. The predicted octanol–water partition coefficient (Wildman–Crippen LogP) is 2.78. The van der Waals surface area contributed by atoms with Gasteiger partial charge in [-0.15, -0.1) is 0 Å². The average Bonchev–Trinajstić information content (AvgIpc) is 3.26. The van der Waals surface area contributed by atoms with Crippen LogP contribution in [0.1, 0.15) is 16.1 Å². The fourth-order valence-corrected chi connectivity index (χ4v) is 3.76. The molecule has 0 radical (unpaired) electrons. The quantitative estimate of drug-likeness (QED) is 0.642. The Balaban J connectivity index is 1.42. The first-order valence-corrected chi connectivity index (χ1v) is 10.3. The van der Waals surface area contributed by atoms with E-state index in [9.17, 15) is 13.2 Å². The molecule has 0 aliphatic carbocycles. The topological polar surface area (TPSA) is 107 Å². The van der Waals surface area contributed by atoms with Crippen molar-refractivity contribution in [1.29, 1.82) is 0 Å². The molecule has 0 atom stereocenters. The van der Waals surface area contributed by atoms with Gasteiger partial charge in [-0.1, -0.05) is 0 Å². The van der Waals surface area contributed by atoms with E-state index in [2.05, 4.69) is 10.0 Å². The molecule has 9 heteroatoms. The molecule has 2 N–H and O–H groups in total. The number of carbonyl (C=O) groups is 1. The second kappa shape index (κ2) is 7.98. The molecule has 0 saturated heterocycles. The highest BCUT2D eigenvalue weighted by Gasteiger charge is 2.17. The fraction of sp³-hybridized carbons (Fsp3) is 0.150.